The van der Waals surface area contributed by atoms with Crippen molar-refractivity contribution in [3.05, 3.63) is 71.9 Å². The summed E-state index contributed by atoms with van der Waals surface area (Å²) >= 11 is 0. The molecule has 0 atom stereocenters. The summed E-state index contributed by atoms with van der Waals surface area (Å²) in [7, 11) is 0. The van der Waals surface area contributed by atoms with Crippen LogP contribution in [0.15, 0.2) is 59.5 Å². The summed E-state index contributed by atoms with van der Waals surface area (Å²) in [5.74, 6) is 0.977. The second-order valence-electron chi connectivity index (χ2n) is 4.78. The molecule has 0 bridgehead atoms. The van der Waals surface area contributed by atoms with E-state index in [4.69, 9.17) is 4.42 Å². The molecule has 0 spiro atoms. The minimum atomic E-state index is 0.706. The minimum Gasteiger partial charge on any atom is -0.467 e. The molecule has 0 amide bonds. The van der Waals surface area contributed by atoms with Crippen molar-refractivity contribution in [2.75, 3.05) is 5.32 Å². The van der Waals surface area contributed by atoms with Crippen LogP contribution in [0.5, 0.6) is 0 Å². The Morgan fingerprint density at radius 1 is 1.20 bits per heavy atom. The van der Waals surface area contributed by atoms with Crippen LogP contribution in [-0.4, -0.2) is 9.78 Å². The quantitative estimate of drug-likeness (QED) is 0.770. The van der Waals surface area contributed by atoms with E-state index in [9.17, 15) is 0 Å². The summed E-state index contributed by atoms with van der Waals surface area (Å²) in [4.78, 5) is 0. The molecule has 20 heavy (non-hydrogen) atoms. The molecule has 1 N–H and O–H groups in total. The van der Waals surface area contributed by atoms with E-state index in [2.05, 4.69) is 34.7 Å². The van der Waals surface area contributed by atoms with Crippen molar-refractivity contribution in [2.45, 2.75) is 20.0 Å². The van der Waals surface area contributed by atoms with E-state index >= 15 is 0 Å². The number of hydrogen-bond donors (Lipinski definition) is 1. The molecule has 0 saturated heterocycles. The lowest BCUT2D eigenvalue weighted by Gasteiger charge is -2.07. The Labute approximate surface area is 118 Å². The van der Waals surface area contributed by atoms with E-state index < -0.39 is 0 Å². The van der Waals surface area contributed by atoms with Crippen molar-refractivity contribution in [1.29, 1.82) is 0 Å². The highest BCUT2D eigenvalue weighted by Crippen LogP contribution is 2.14. The topological polar surface area (TPSA) is 43.0 Å². The molecule has 0 aliphatic heterocycles. The predicted molar refractivity (Wildman–Crippen MR) is 78.5 cm³/mol. The Balaban J connectivity index is 1.60. The zero-order chi connectivity index (χ0) is 13.8. The molecule has 102 valence electrons. The number of aromatic nitrogens is 2. The van der Waals surface area contributed by atoms with Crippen molar-refractivity contribution in [3.63, 3.8) is 0 Å². The number of aryl methyl sites for hydroxylation is 1. The van der Waals surface area contributed by atoms with Gasteiger partial charge in [0.25, 0.3) is 0 Å². The SMILES string of the molecule is Cc1ccoc1CNc1ccc(Cn2cccn2)cc1. The average molecular weight is 267 g/mol. The van der Waals surface area contributed by atoms with E-state index in [0.29, 0.717) is 6.54 Å². The molecule has 0 unspecified atom stereocenters. The van der Waals surface area contributed by atoms with Gasteiger partial charge in [0.2, 0.25) is 0 Å². The van der Waals surface area contributed by atoms with Gasteiger partial charge in [-0.25, -0.2) is 0 Å². The monoisotopic (exact) mass is 267 g/mol. The molecular formula is C16H17N3O. The zero-order valence-corrected chi connectivity index (χ0v) is 11.4. The van der Waals surface area contributed by atoms with Crippen LogP contribution in [0.4, 0.5) is 5.69 Å². The number of hydrogen-bond acceptors (Lipinski definition) is 3. The first-order valence-electron chi connectivity index (χ1n) is 6.64. The summed E-state index contributed by atoms with van der Waals surface area (Å²) in [6.45, 7) is 3.55. The lowest BCUT2D eigenvalue weighted by molar-refractivity contribution is 0.515. The van der Waals surface area contributed by atoms with Gasteiger partial charge in [-0.1, -0.05) is 12.1 Å². The van der Waals surface area contributed by atoms with Gasteiger partial charge >= 0.3 is 0 Å². The fourth-order valence-corrected chi connectivity index (χ4v) is 2.08. The third kappa shape index (κ3) is 2.91. The van der Waals surface area contributed by atoms with Crippen LogP contribution in [-0.2, 0) is 13.1 Å². The van der Waals surface area contributed by atoms with E-state index in [1.807, 2.05) is 29.9 Å². The lowest BCUT2D eigenvalue weighted by Crippen LogP contribution is -2.01. The molecule has 4 heteroatoms. The highest BCUT2D eigenvalue weighted by atomic mass is 16.3. The number of rotatable bonds is 5. The van der Waals surface area contributed by atoms with Crippen molar-refractivity contribution < 1.29 is 4.42 Å². The van der Waals surface area contributed by atoms with Gasteiger partial charge in [-0.05, 0) is 42.3 Å². The summed E-state index contributed by atoms with van der Waals surface area (Å²) in [5.41, 5.74) is 3.49. The number of nitrogens with zero attached hydrogens (tertiary/aromatic N) is 2. The maximum absolute atomic E-state index is 5.41. The van der Waals surface area contributed by atoms with E-state index in [0.717, 1.165) is 18.0 Å². The van der Waals surface area contributed by atoms with Crippen molar-refractivity contribution in [2.24, 2.45) is 0 Å². The first-order chi connectivity index (χ1) is 9.81. The summed E-state index contributed by atoms with van der Waals surface area (Å²) in [6.07, 6.45) is 5.48. The number of furan rings is 1. The number of anilines is 1. The largest absolute Gasteiger partial charge is 0.467 e. The molecule has 1 aromatic carbocycles. The highest BCUT2D eigenvalue weighted by Gasteiger charge is 2.01. The summed E-state index contributed by atoms with van der Waals surface area (Å²) in [5, 5.41) is 7.56. The van der Waals surface area contributed by atoms with Gasteiger partial charge in [0.05, 0.1) is 19.4 Å². The van der Waals surface area contributed by atoms with Gasteiger partial charge in [0.15, 0.2) is 0 Å². The minimum absolute atomic E-state index is 0.706. The molecule has 3 rings (SSSR count). The van der Waals surface area contributed by atoms with Crippen LogP contribution in [0, 0.1) is 6.92 Å². The predicted octanol–water partition coefficient (Wildman–Crippen LogP) is 3.44. The standard InChI is InChI=1S/C16H17N3O/c1-13-7-10-20-16(13)11-17-15-5-3-14(4-6-15)12-19-9-2-8-18-19/h2-10,17H,11-12H2,1H3. The fraction of sp³-hybridized carbons (Fsp3) is 0.188. The van der Waals surface area contributed by atoms with Crippen LogP contribution in [0.2, 0.25) is 0 Å². The van der Waals surface area contributed by atoms with Gasteiger partial charge in [0, 0.05) is 18.1 Å². The smallest absolute Gasteiger partial charge is 0.125 e. The van der Waals surface area contributed by atoms with E-state index in [1.165, 1.54) is 11.1 Å². The third-order valence-corrected chi connectivity index (χ3v) is 3.28. The van der Waals surface area contributed by atoms with E-state index in [1.54, 1.807) is 12.5 Å². The fourth-order valence-electron chi connectivity index (χ4n) is 2.08. The molecule has 3 aromatic rings. The summed E-state index contributed by atoms with van der Waals surface area (Å²) in [6, 6.07) is 12.3. The van der Waals surface area contributed by atoms with Crippen molar-refractivity contribution >= 4 is 5.69 Å². The second-order valence-corrected chi connectivity index (χ2v) is 4.78. The van der Waals surface area contributed by atoms with Gasteiger partial charge in [-0.2, -0.15) is 5.10 Å². The lowest BCUT2D eigenvalue weighted by atomic mass is 10.2. The first-order valence-corrected chi connectivity index (χ1v) is 6.64. The van der Waals surface area contributed by atoms with Crippen molar-refractivity contribution in [1.82, 2.24) is 9.78 Å². The van der Waals surface area contributed by atoms with Crippen LogP contribution in [0.3, 0.4) is 0 Å². The normalized spacial score (nSPS) is 10.7. The molecule has 0 fully saturated rings. The first kappa shape index (κ1) is 12.5. The Bertz CT molecular complexity index is 653. The summed E-state index contributed by atoms with van der Waals surface area (Å²) < 4.78 is 7.32. The molecule has 0 saturated carbocycles. The van der Waals surface area contributed by atoms with Crippen LogP contribution in [0.1, 0.15) is 16.9 Å². The van der Waals surface area contributed by atoms with Crippen LogP contribution < -0.4 is 5.32 Å². The van der Waals surface area contributed by atoms with Crippen molar-refractivity contribution in [3.8, 4) is 0 Å². The molecule has 0 aliphatic rings. The number of benzene rings is 1. The maximum Gasteiger partial charge on any atom is 0.125 e. The van der Waals surface area contributed by atoms with E-state index in [-0.39, 0.29) is 0 Å². The second kappa shape index (κ2) is 5.65. The van der Waals surface area contributed by atoms with Crippen LogP contribution >= 0.6 is 0 Å². The van der Waals surface area contributed by atoms with Gasteiger partial charge < -0.3 is 9.73 Å². The Morgan fingerprint density at radius 2 is 2.05 bits per heavy atom. The molecule has 0 aliphatic carbocycles. The highest BCUT2D eigenvalue weighted by molar-refractivity contribution is 5.45. The van der Waals surface area contributed by atoms with Gasteiger partial charge in [-0.15, -0.1) is 0 Å². The molecular weight excluding hydrogens is 250 g/mol. The molecule has 4 nitrogen and oxygen atoms in total. The Morgan fingerprint density at radius 3 is 2.70 bits per heavy atom. The average Bonchev–Trinajstić information content (AvgIpc) is 3.10. The molecule has 0 radical (unpaired) electrons. The van der Waals surface area contributed by atoms with Crippen LogP contribution in [0.25, 0.3) is 0 Å². The van der Waals surface area contributed by atoms with Gasteiger partial charge in [0.1, 0.15) is 5.76 Å². The Kier molecular flexibility index (Phi) is 3.54. The number of nitrogens with one attached hydrogen (secondary N) is 1. The zero-order valence-electron chi connectivity index (χ0n) is 11.4. The maximum atomic E-state index is 5.41. The Hall–Kier alpha value is -2.49. The molecule has 2 heterocycles. The molecule has 2 aromatic heterocycles. The van der Waals surface area contributed by atoms with Gasteiger partial charge in [-0.3, -0.25) is 4.68 Å². The third-order valence-electron chi connectivity index (χ3n) is 3.28.